The van der Waals surface area contributed by atoms with Gasteiger partial charge in [0.25, 0.3) is 0 Å². The quantitative estimate of drug-likeness (QED) is 0.692. The van der Waals surface area contributed by atoms with E-state index in [1.807, 2.05) is 11.8 Å². The highest BCUT2D eigenvalue weighted by Crippen LogP contribution is 2.14. The first-order chi connectivity index (χ1) is 9.60. The smallest absolute Gasteiger partial charge is 0.179 e. The second kappa shape index (κ2) is 8.70. The Morgan fingerprint density at radius 2 is 2.25 bits per heavy atom. The monoisotopic (exact) mass is 294 g/mol. The molecular weight excluding hydrogens is 276 g/mol. The van der Waals surface area contributed by atoms with Gasteiger partial charge in [-0.3, -0.25) is 9.69 Å². The summed E-state index contributed by atoms with van der Waals surface area (Å²) in [6.45, 7) is 3.54. The van der Waals surface area contributed by atoms with Crippen LogP contribution < -0.4 is 0 Å². The first-order valence-corrected chi connectivity index (χ1v) is 6.87. The van der Waals surface area contributed by atoms with E-state index in [1.165, 1.54) is 0 Å². The molecule has 1 unspecified atom stereocenters. The van der Waals surface area contributed by atoms with Crippen LogP contribution >= 0.6 is 11.6 Å². The molecule has 0 fully saturated rings. The second-order valence-electron chi connectivity index (χ2n) is 4.49. The van der Waals surface area contributed by atoms with Crippen molar-refractivity contribution in [3.63, 3.8) is 0 Å². The Balaban J connectivity index is 2.79. The van der Waals surface area contributed by atoms with E-state index in [-0.39, 0.29) is 11.8 Å². The summed E-state index contributed by atoms with van der Waals surface area (Å²) in [7, 11) is 1.62. The van der Waals surface area contributed by atoms with Crippen molar-refractivity contribution >= 4 is 17.4 Å². The second-order valence-corrected chi connectivity index (χ2v) is 4.92. The Bertz CT molecular complexity index is 485. The SMILES string of the molecule is COCCN(CCC#N)C(C)C(=O)c1cccc(Cl)c1. The van der Waals surface area contributed by atoms with Crippen molar-refractivity contribution in [2.45, 2.75) is 19.4 Å². The molecule has 1 atom stereocenters. The van der Waals surface area contributed by atoms with Crippen molar-refractivity contribution < 1.29 is 9.53 Å². The average Bonchev–Trinajstić information content (AvgIpc) is 2.46. The van der Waals surface area contributed by atoms with Crippen molar-refractivity contribution in [3.05, 3.63) is 34.9 Å². The van der Waals surface area contributed by atoms with Gasteiger partial charge in [-0.15, -0.1) is 0 Å². The molecule has 5 heteroatoms. The molecule has 108 valence electrons. The van der Waals surface area contributed by atoms with E-state index in [4.69, 9.17) is 21.6 Å². The summed E-state index contributed by atoms with van der Waals surface area (Å²) in [4.78, 5) is 14.4. The Hall–Kier alpha value is -1.41. The Morgan fingerprint density at radius 1 is 1.50 bits per heavy atom. The number of ketones is 1. The molecular formula is C15H19ClN2O2. The van der Waals surface area contributed by atoms with Crippen LogP contribution in [0.5, 0.6) is 0 Å². The number of methoxy groups -OCH3 is 1. The Labute approximate surface area is 124 Å². The molecule has 0 aromatic heterocycles. The third-order valence-electron chi connectivity index (χ3n) is 3.13. The molecule has 0 aliphatic rings. The van der Waals surface area contributed by atoms with Gasteiger partial charge in [-0.2, -0.15) is 5.26 Å². The predicted molar refractivity (Wildman–Crippen MR) is 78.9 cm³/mol. The zero-order valence-electron chi connectivity index (χ0n) is 11.8. The fourth-order valence-corrected chi connectivity index (χ4v) is 2.14. The van der Waals surface area contributed by atoms with Gasteiger partial charge >= 0.3 is 0 Å². The van der Waals surface area contributed by atoms with Gasteiger partial charge in [0.15, 0.2) is 5.78 Å². The number of benzene rings is 1. The maximum atomic E-state index is 12.4. The number of nitriles is 1. The number of hydrogen-bond acceptors (Lipinski definition) is 4. The van der Waals surface area contributed by atoms with Crippen LogP contribution in [0.15, 0.2) is 24.3 Å². The van der Waals surface area contributed by atoms with Crippen LogP contribution in [0.25, 0.3) is 0 Å². The highest BCUT2D eigenvalue weighted by atomic mass is 35.5. The summed E-state index contributed by atoms with van der Waals surface area (Å²) in [5.74, 6) is 0.00143. The van der Waals surface area contributed by atoms with Crippen LogP contribution in [0.3, 0.4) is 0 Å². The van der Waals surface area contributed by atoms with Gasteiger partial charge in [0.05, 0.1) is 18.7 Å². The maximum absolute atomic E-state index is 12.4. The Morgan fingerprint density at radius 3 is 2.85 bits per heavy atom. The van der Waals surface area contributed by atoms with Crippen LogP contribution in [0.4, 0.5) is 0 Å². The van der Waals surface area contributed by atoms with Crippen molar-refractivity contribution in [3.8, 4) is 6.07 Å². The predicted octanol–water partition coefficient (Wildman–Crippen LogP) is 2.77. The van der Waals surface area contributed by atoms with Gasteiger partial charge in [0.1, 0.15) is 0 Å². The minimum Gasteiger partial charge on any atom is -0.383 e. The minimum absolute atomic E-state index is 0.00143. The standard InChI is InChI=1S/C15H19ClN2O2/c1-12(18(8-4-7-17)9-10-20-2)15(19)13-5-3-6-14(16)11-13/h3,5-6,11-12H,4,8-10H2,1-2H3. The fraction of sp³-hybridized carbons (Fsp3) is 0.467. The number of hydrogen-bond donors (Lipinski definition) is 0. The summed E-state index contributed by atoms with van der Waals surface area (Å²) in [5.41, 5.74) is 0.587. The summed E-state index contributed by atoms with van der Waals surface area (Å²) in [6.07, 6.45) is 0.386. The first-order valence-electron chi connectivity index (χ1n) is 6.50. The van der Waals surface area contributed by atoms with Crippen molar-refractivity contribution in [2.24, 2.45) is 0 Å². The molecule has 1 aromatic rings. The number of ether oxygens (including phenoxy) is 1. The van der Waals surface area contributed by atoms with Crippen LogP contribution in [-0.4, -0.2) is 43.5 Å². The van der Waals surface area contributed by atoms with Gasteiger partial charge in [0, 0.05) is 37.2 Å². The summed E-state index contributed by atoms with van der Waals surface area (Å²) >= 11 is 5.91. The summed E-state index contributed by atoms with van der Waals surface area (Å²) < 4.78 is 5.05. The van der Waals surface area contributed by atoms with E-state index >= 15 is 0 Å². The van der Waals surface area contributed by atoms with Gasteiger partial charge in [-0.1, -0.05) is 23.7 Å². The molecule has 0 N–H and O–H groups in total. The molecule has 20 heavy (non-hydrogen) atoms. The zero-order valence-corrected chi connectivity index (χ0v) is 12.6. The molecule has 0 saturated carbocycles. The van der Waals surface area contributed by atoms with E-state index in [0.29, 0.717) is 36.7 Å². The lowest BCUT2D eigenvalue weighted by molar-refractivity contribution is 0.0781. The molecule has 0 bridgehead atoms. The molecule has 4 nitrogen and oxygen atoms in total. The first kappa shape index (κ1) is 16.6. The van der Waals surface area contributed by atoms with E-state index in [2.05, 4.69) is 6.07 Å². The minimum atomic E-state index is -0.308. The van der Waals surface area contributed by atoms with Crippen LogP contribution in [0.1, 0.15) is 23.7 Å². The largest absolute Gasteiger partial charge is 0.383 e. The highest BCUT2D eigenvalue weighted by Gasteiger charge is 2.22. The molecule has 0 saturated heterocycles. The molecule has 0 heterocycles. The van der Waals surface area contributed by atoms with Gasteiger partial charge in [0.2, 0.25) is 0 Å². The highest BCUT2D eigenvalue weighted by molar-refractivity contribution is 6.31. The fourth-order valence-electron chi connectivity index (χ4n) is 1.95. The van der Waals surface area contributed by atoms with Gasteiger partial charge in [-0.25, -0.2) is 0 Å². The Kier molecular flexibility index (Phi) is 7.24. The summed E-state index contributed by atoms with van der Waals surface area (Å²) in [6, 6.07) is 8.71. The normalized spacial score (nSPS) is 12.2. The number of nitrogens with zero attached hydrogens (tertiary/aromatic N) is 2. The number of rotatable bonds is 8. The molecule has 1 aromatic carbocycles. The van der Waals surface area contributed by atoms with E-state index in [0.717, 1.165) is 0 Å². The topological polar surface area (TPSA) is 53.3 Å². The number of Topliss-reactive ketones (excluding diaryl/α,β-unsaturated/α-hetero) is 1. The van der Waals surface area contributed by atoms with E-state index < -0.39 is 0 Å². The average molecular weight is 295 g/mol. The zero-order chi connectivity index (χ0) is 15.0. The van der Waals surface area contributed by atoms with Crippen LogP contribution in [-0.2, 0) is 4.74 Å². The molecule has 0 amide bonds. The molecule has 0 aliphatic carbocycles. The lowest BCUT2D eigenvalue weighted by Crippen LogP contribution is -2.41. The number of carbonyl (C=O) groups excluding carboxylic acids is 1. The lowest BCUT2D eigenvalue weighted by atomic mass is 10.0. The number of halogens is 1. The van der Waals surface area contributed by atoms with Crippen molar-refractivity contribution in [2.75, 3.05) is 26.8 Å². The summed E-state index contributed by atoms with van der Waals surface area (Å²) in [5, 5.41) is 9.25. The molecule has 0 aliphatic heterocycles. The van der Waals surface area contributed by atoms with Crippen molar-refractivity contribution in [1.82, 2.24) is 4.90 Å². The third kappa shape index (κ3) is 4.93. The number of carbonyl (C=O) groups is 1. The van der Waals surface area contributed by atoms with Crippen LogP contribution in [0.2, 0.25) is 5.02 Å². The lowest BCUT2D eigenvalue weighted by Gasteiger charge is -2.27. The van der Waals surface area contributed by atoms with Gasteiger partial charge in [-0.05, 0) is 19.1 Å². The van der Waals surface area contributed by atoms with E-state index in [9.17, 15) is 4.79 Å². The molecule has 0 spiro atoms. The maximum Gasteiger partial charge on any atom is 0.179 e. The molecule has 0 radical (unpaired) electrons. The third-order valence-corrected chi connectivity index (χ3v) is 3.36. The van der Waals surface area contributed by atoms with Crippen LogP contribution in [0, 0.1) is 11.3 Å². The molecule has 1 rings (SSSR count). The van der Waals surface area contributed by atoms with E-state index in [1.54, 1.807) is 31.4 Å². The van der Waals surface area contributed by atoms with Crippen molar-refractivity contribution in [1.29, 1.82) is 5.26 Å². The van der Waals surface area contributed by atoms with Gasteiger partial charge < -0.3 is 4.74 Å².